The number of benzene rings is 1. The van der Waals surface area contributed by atoms with Crippen LogP contribution in [0, 0.1) is 0 Å². The molecule has 6 nitrogen and oxygen atoms in total. The molecule has 0 spiro atoms. The maximum Gasteiger partial charge on any atom is 0.435 e. The number of hydrogen-bond donors (Lipinski definition) is 1. The standard InChI is InChI=1S/C15H14F3N3O3/c16-15(17,18)13-3-4-21(20-13)9-14(22)19-8-10-1-2-11-12(7-10)24-6-5-23-11/h1-4,7H,5-6,8-9H2,(H,19,22). The van der Waals surface area contributed by atoms with E-state index in [2.05, 4.69) is 10.4 Å². The van der Waals surface area contributed by atoms with Crippen molar-refractivity contribution in [3.8, 4) is 11.5 Å². The molecule has 1 amide bonds. The molecule has 0 radical (unpaired) electrons. The fourth-order valence-corrected chi connectivity index (χ4v) is 2.20. The molecule has 2 heterocycles. The van der Waals surface area contributed by atoms with E-state index in [4.69, 9.17) is 9.47 Å². The Morgan fingerprint density at radius 3 is 2.67 bits per heavy atom. The molecule has 9 heteroatoms. The van der Waals surface area contributed by atoms with Gasteiger partial charge >= 0.3 is 6.18 Å². The first kappa shape index (κ1) is 16.2. The largest absolute Gasteiger partial charge is 0.486 e. The summed E-state index contributed by atoms with van der Waals surface area (Å²) in [6, 6.07) is 6.11. The highest BCUT2D eigenvalue weighted by Crippen LogP contribution is 2.30. The van der Waals surface area contributed by atoms with E-state index in [9.17, 15) is 18.0 Å². The summed E-state index contributed by atoms with van der Waals surface area (Å²) in [6.07, 6.45) is -3.40. The summed E-state index contributed by atoms with van der Waals surface area (Å²) in [5, 5.41) is 5.95. The zero-order valence-electron chi connectivity index (χ0n) is 12.5. The summed E-state index contributed by atoms with van der Waals surface area (Å²) < 4.78 is 49.1. The minimum atomic E-state index is -4.52. The Bertz CT molecular complexity index is 743. The van der Waals surface area contributed by atoms with E-state index < -0.39 is 17.8 Å². The summed E-state index contributed by atoms with van der Waals surface area (Å²) in [7, 11) is 0. The lowest BCUT2D eigenvalue weighted by Gasteiger charge is -2.19. The van der Waals surface area contributed by atoms with Crippen LogP contribution in [-0.4, -0.2) is 28.9 Å². The number of ether oxygens (including phenoxy) is 2. The highest BCUT2D eigenvalue weighted by atomic mass is 19.4. The number of nitrogens with zero attached hydrogens (tertiary/aromatic N) is 2. The second-order valence-corrected chi connectivity index (χ2v) is 5.15. The van der Waals surface area contributed by atoms with Crippen molar-refractivity contribution in [2.75, 3.05) is 13.2 Å². The van der Waals surface area contributed by atoms with Gasteiger partial charge in [0.05, 0.1) is 0 Å². The van der Waals surface area contributed by atoms with Crippen molar-refractivity contribution >= 4 is 5.91 Å². The lowest BCUT2D eigenvalue weighted by atomic mass is 10.2. The third-order valence-corrected chi connectivity index (χ3v) is 3.33. The number of rotatable bonds is 4. The van der Waals surface area contributed by atoms with Crippen LogP contribution in [0.15, 0.2) is 30.5 Å². The fraction of sp³-hybridized carbons (Fsp3) is 0.333. The summed E-state index contributed by atoms with van der Waals surface area (Å²) in [6.45, 7) is 0.889. The number of alkyl halides is 3. The molecule has 0 saturated heterocycles. The summed E-state index contributed by atoms with van der Waals surface area (Å²) in [5.74, 6) is 0.809. The first-order chi connectivity index (χ1) is 11.4. The van der Waals surface area contributed by atoms with E-state index in [1.807, 2.05) is 0 Å². The van der Waals surface area contributed by atoms with Gasteiger partial charge in [0, 0.05) is 12.7 Å². The van der Waals surface area contributed by atoms with Gasteiger partial charge in [-0.25, -0.2) is 0 Å². The highest BCUT2D eigenvalue weighted by molar-refractivity contribution is 5.75. The van der Waals surface area contributed by atoms with E-state index in [1.165, 1.54) is 0 Å². The first-order valence-electron chi connectivity index (χ1n) is 7.18. The predicted molar refractivity (Wildman–Crippen MR) is 76.5 cm³/mol. The highest BCUT2D eigenvalue weighted by Gasteiger charge is 2.33. The van der Waals surface area contributed by atoms with Crippen molar-refractivity contribution in [1.29, 1.82) is 0 Å². The summed E-state index contributed by atoms with van der Waals surface area (Å²) in [5.41, 5.74) is -0.230. The predicted octanol–water partition coefficient (Wildman–Crippen LogP) is 1.99. The molecule has 0 aliphatic carbocycles. The first-order valence-corrected chi connectivity index (χ1v) is 7.18. The Kier molecular flexibility index (Phi) is 4.32. The molecule has 2 aromatic rings. The van der Waals surface area contributed by atoms with Crippen LogP contribution in [0.3, 0.4) is 0 Å². The van der Waals surface area contributed by atoms with Gasteiger partial charge in [-0.05, 0) is 23.8 Å². The van der Waals surface area contributed by atoms with Crippen molar-refractivity contribution in [2.24, 2.45) is 0 Å². The molecule has 0 bridgehead atoms. The Morgan fingerprint density at radius 2 is 1.96 bits per heavy atom. The summed E-state index contributed by atoms with van der Waals surface area (Å²) in [4.78, 5) is 11.8. The zero-order chi connectivity index (χ0) is 17.2. The molecule has 0 atom stereocenters. The Morgan fingerprint density at radius 1 is 1.21 bits per heavy atom. The molecule has 1 N–H and O–H groups in total. The third-order valence-electron chi connectivity index (χ3n) is 3.33. The number of nitrogens with one attached hydrogen (secondary N) is 1. The molecule has 0 unspecified atom stereocenters. The smallest absolute Gasteiger partial charge is 0.435 e. The normalized spacial score (nSPS) is 13.6. The van der Waals surface area contributed by atoms with Gasteiger partial charge in [0.15, 0.2) is 17.2 Å². The molecule has 0 fully saturated rings. The third kappa shape index (κ3) is 3.79. The van der Waals surface area contributed by atoms with Crippen molar-refractivity contribution in [3.63, 3.8) is 0 Å². The van der Waals surface area contributed by atoms with E-state index in [-0.39, 0.29) is 13.1 Å². The van der Waals surface area contributed by atoms with Gasteiger partial charge in [-0.3, -0.25) is 9.48 Å². The van der Waals surface area contributed by atoms with Gasteiger partial charge in [-0.2, -0.15) is 18.3 Å². The Labute approximate surface area is 135 Å². The average molecular weight is 341 g/mol. The number of carbonyl (C=O) groups excluding carboxylic acids is 1. The molecule has 1 aromatic heterocycles. The van der Waals surface area contributed by atoms with Crippen LogP contribution in [0.25, 0.3) is 0 Å². The average Bonchev–Trinajstić information content (AvgIpc) is 3.01. The van der Waals surface area contributed by atoms with E-state index >= 15 is 0 Å². The van der Waals surface area contributed by atoms with E-state index in [0.29, 0.717) is 24.7 Å². The van der Waals surface area contributed by atoms with Gasteiger partial charge < -0.3 is 14.8 Å². The maximum absolute atomic E-state index is 12.4. The number of fused-ring (bicyclic) bond motifs is 1. The molecule has 3 rings (SSSR count). The van der Waals surface area contributed by atoms with Gasteiger partial charge in [-0.1, -0.05) is 6.07 Å². The SMILES string of the molecule is O=C(Cn1ccc(C(F)(F)F)n1)NCc1ccc2c(c1)OCCO2. The van der Waals surface area contributed by atoms with Crippen LogP contribution in [0.4, 0.5) is 13.2 Å². The van der Waals surface area contributed by atoms with Crippen LogP contribution in [0.1, 0.15) is 11.3 Å². The lowest BCUT2D eigenvalue weighted by Crippen LogP contribution is -2.27. The van der Waals surface area contributed by atoms with Crippen LogP contribution in [0.5, 0.6) is 11.5 Å². The van der Waals surface area contributed by atoms with E-state index in [1.54, 1.807) is 18.2 Å². The zero-order valence-corrected chi connectivity index (χ0v) is 12.5. The van der Waals surface area contributed by atoms with Gasteiger partial charge in [0.1, 0.15) is 19.8 Å². The fourth-order valence-electron chi connectivity index (χ4n) is 2.20. The van der Waals surface area contributed by atoms with Crippen LogP contribution >= 0.6 is 0 Å². The topological polar surface area (TPSA) is 65.4 Å². The Balaban J connectivity index is 1.55. The number of halogens is 3. The summed E-state index contributed by atoms with van der Waals surface area (Å²) >= 11 is 0. The molecular weight excluding hydrogens is 327 g/mol. The molecule has 1 aliphatic heterocycles. The second kappa shape index (κ2) is 6.42. The number of aromatic nitrogens is 2. The monoisotopic (exact) mass is 341 g/mol. The minimum Gasteiger partial charge on any atom is -0.486 e. The minimum absolute atomic E-state index is 0.225. The van der Waals surface area contributed by atoms with E-state index in [0.717, 1.165) is 22.5 Å². The van der Waals surface area contributed by atoms with Crippen molar-refractivity contribution in [1.82, 2.24) is 15.1 Å². The molecule has 128 valence electrons. The number of hydrogen-bond acceptors (Lipinski definition) is 4. The second-order valence-electron chi connectivity index (χ2n) is 5.15. The molecule has 24 heavy (non-hydrogen) atoms. The molecular formula is C15H14F3N3O3. The number of amides is 1. The van der Waals surface area contributed by atoms with Crippen LogP contribution in [0.2, 0.25) is 0 Å². The van der Waals surface area contributed by atoms with Crippen LogP contribution in [-0.2, 0) is 24.1 Å². The van der Waals surface area contributed by atoms with Gasteiger partial charge in [0.2, 0.25) is 5.91 Å². The van der Waals surface area contributed by atoms with Gasteiger partial charge in [0.25, 0.3) is 0 Å². The molecule has 0 saturated carbocycles. The van der Waals surface area contributed by atoms with Gasteiger partial charge in [-0.15, -0.1) is 0 Å². The quantitative estimate of drug-likeness (QED) is 0.924. The maximum atomic E-state index is 12.4. The van der Waals surface area contributed by atoms with Crippen molar-refractivity contribution in [2.45, 2.75) is 19.3 Å². The number of carbonyl (C=O) groups is 1. The van der Waals surface area contributed by atoms with Crippen LogP contribution < -0.4 is 14.8 Å². The lowest BCUT2D eigenvalue weighted by molar-refractivity contribution is -0.141. The van der Waals surface area contributed by atoms with Crippen molar-refractivity contribution < 1.29 is 27.4 Å². The molecule has 1 aliphatic rings. The Hall–Kier alpha value is -2.71. The van der Waals surface area contributed by atoms with Crippen molar-refractivity contribution in [3.05, 3.63) is 41.7 Å². The molecule has 1 aromatic carbocycles.